The lowest BCUT2D eigenvalue weighted by Crippen LogP contribution is -2.02. The molecule has 0 fully saturated rings. The van der Waals surface area contributed by atoms with Gasteiger partial charge in [0.05, 0.1) is 22.7 Å². The molecule has 2 heterocycles. The fourth-order valence-electron chi connectivity index (χ4n) is 9.29. The second-order valence-corrected chi connectivity index (χ2v) is 16.4. The first-order valence-electron chi connectivity index (χ1n) is 21.7. The van der Waals surface area contributed by atoms with E-state index in [4.69, 9.17) is 15.0 Å². The largest absolute Gasteiger partial charge is 0.309 e. The van der Waals surface area contributed by atoms with Crippen LogP contribution in [0.5, 0.6) is 0 Å². The summed E-state index contributed by atoms with van der Waals surface area (Å²) in [4.78, 5) is 15.6. The molecule has 12 rings (SSSR count). The number of benzene rings is 10. The van der Waals surface area contributed by atoms with Gasteiger partial charge in [0.1, 0.15) is 0 Å². The molecule has 0 aliphatic carbocycles. The van der Waals surface area contributed by atoms with Crippen LogP contribution in [0, 0.1) is 11.3 Å². The van der Waals surface area contributed by atoms with Crippen molar-refractivity contribution in [3.63, 3.8) is 0 Å². The Bertz CT molecular complexity index is 3840. The molecule has 0 aliphatic rings. The Labute approximate surface area is 375 Å². The predicted molar refractivity (Wildman–Crippen MR) is 267 cm³/mol. The van der Waals surface area contributed by atoms with Gasteiger partial charge in [-0.15, -0.1) is 0 Å². The number of hydrogen-bond donors (Lipinski definition) is 0. The minimum absolute atomic E-state index is 0.545. The zero-order valence-corrected chi connectivity index (χ0v) is 35.1. The average molecular weight is 828 g/mol. The van der Waals surface area contributed by atoms with Gasteiger partial charge in [0.2, 0.25) is 0 Å². The maximum atomic E-state index is 10.6. The third kappa shape index (κ3) is 6.78. The maximum absolute atomic E-state index is 10.6. The summed E-state index contributed by atoms with van der Waals surface area (Å²) < 4.78 is 2.36. The molecule has 0 spiro atoms. The van der Waals surface area contributed by atoms with Crippen LogP contribution in [0.25, 0.3) is 117 Å². The van der Waals surface area contributed by atoms with Crippen LogP contribution in [0.4, 0.5) is 0 Å². The van der Waals surface area contributed by atoms with E-state index in [1.807, 2.05) is 66.7 Å². The second kappa shape index (κ2) is 15.7. The number of fused-ring (bicyclic) bond motifs is 5. The van der Waals surface area contributed by atoms with Crippen LogP contribution in [-0.4, -0.2) is 19.5 Å². The van der Waals surface area contributed by atoms with E-state index in [2.05, 4.69) is 168 Å². The Morgan fingerprint density at radius 2 is 0.923 bits per heavy atom. The van der Waals surface area contributed by atoms with E-state index in [0.717, 1.165) is 82.8 Å². The van der Waals surface area contributed by atoms with Crippen LogP contribution < -0.4 is 0 Å². The number of nitrogens with zero attached hydrogens (tertiary/aromatic N) is 5. The van der Waals surface area contributed by atoms with E-state index in [-0.39, 0.29) is 0 Å². The quantitative estimate of drug-likeness (QED) is 0.160. The van der Waals surface area contributed by atoms with Crippen molar-refractivity contribution >= 4 is 43.4 Å². The van der Waals surface area contributed by atoms with Gasteiger partial charge in [-0.3, -0.25) is 0 Å². The van der Waals surface area contributed by atoms with Crippen LogP contribution in [-0.2, 0) is 0 Å². The van der Waals surface area contributed by atoms with E-state index < -0.39 is 0 Å². The molecule has 0 atom stereocenters. The van der Waals surface area contributed by atoms with Crippen molar-refractivity contribution in [2.24, 2.45) is 0 Å². The van der Waals surface area contributed by atoms with Gasteiger partial charge in [0.15, 0.2) is 17.5 Å². The molecule has 0 saturated heterocycles. The van der Waals surface area contributed by atoms with Crippen LogP contribution >= 0.6 is 0 Å². The lowest BCUT2D eigenvalue weighted by Gasteiger charge is -2.15. The van der Waals surface area contributed by atoms with Gasteiger partial charge in [0, 0.05) is 33.2 Å². The van der Waals surface area contributed by atoms with Crippen molar-refractivity contribution in [1.82, 2.24) is 19.5 Å². The van der Waals surface area contributed by atoms with Gasteiger partial charge >= 0.3 is 0 Å². The topological polar surface area (TPSA) is 67.4 Å². The highest BCUT2D eigenvalue weighted by Crippen LogP contribution is 2.40. The molecule has 5 nitrogen and oxygen atoms in total. The molecule has 0 saturated carbocycles. The molecule has 0 N–H and O–H groups in total. The van der Waals surface area contributed by atoms with Crippen LogP contribution in [0.3, 0.4) is 0 Å². The van der Waals surface area contributed by atoms with Gasteiger partial charge in [-0.05, 0) is 97.4 Å². The Morgan fingerprint density at radius 1 is 0.323 bits per heavy atom. The zero-order chi connectivity index (χ0) is 43.3. The molecule has 0 bridgehead atoms. The summed E-state index contributed by atoms with van der Waals surface area (Å²) in [5, 5.41) is 17.6. The third-order valence-electron chi connectivity index (χ3n) is 12.4. The summed E-state index contributed by atoms with van der Waals surface area (Å²) in [5.41, 5.74) is 12.4. The summed E-state index contributed by atoms with van der Waals surface area (Å²) in [5.74, 6) is 1.71. The molecule has 12 aromatic rings. The smallest absolute Gasteiger partial charge is 0.164 e. The molecule has 0 radical (unpaired) electrons. The molecule has 2 aromatic heterocycles. The van der Waals surface area contributed by atoms with E-state index in [0.29, 0.717) is 23.0 Å². The molecule has 65 heavy (non-hydrogen) atoms. The van der Waals surface area contributed by atoms with Crippen LogP contribution in [0.15, 0.2) is 224 Å². The van der Waals surface area contributed by atoms with Crippen LogP contribution in [0.1, 0.15) is 5.56 Å². The fraction of sp³-hybridized carbons (Fsp3) is 0. The summed E-state index contributed by atoms with van der Waals surface area (Å²) in [6, 6.07) is 80.6. The van der Waals surface area contributed by atoms with Crippen molar-refractivity contribution in [2.75, 3.05) is 0 Å². The van der Waals surface area contributed by atoms with Crippen molar-refractivity contribution in [1.29, 1.82) is 5.26 Å². The monoisotopic (exact) mass is 827 g/mol. The SMILES string of the molecule is N#Cc1cc(-c2cc(-c3nc(-c4ccccc4)nc(-c4ccc5ccccc5c4)n3)cc(-n3c4ccccc4c4ccc(-c5cccc6ccccc56)cc43)c2)ccc1-c1ccccc1. The third-order valence-corrected chi connectivity index (χ3v) is 12.4. The van der Waals surface area contributed by atoms with Gasteiger partial charge in [0.25, 0.3) is 0 Å². The van der Waals surface area contributed by atoms with Gasteiger partial charge in [-0.1, -0.05) is 182 Å². The molecule has 302 valence electrons. The molecule has 0 unspecified atom stereocenters. The average Bonchev–Trinajstić information content (AvgIpc) is 3.72. The minimum atomic E-state index is 0.545. The summed E-state index contributed by atoms with van der Waals surface area (Å²) in [6.07, 6.45) is 0. The molecule has 0 amide bonds. The van der Waals surface area contributed by atoms with Gasteiger partial charge in [-0.25, -0.2) is 15.0 Å². The number of nitriles is 1. The van der Waals surface area contributed by atoms with Crippen molar-refractivity contribution < 1.29 is 0 Å². The lowest BCUT2D eigenvalue weighted by atomic mass is 9.94. The first-order chi connectivity index (χ1) is 32.1. The van der Waals surface area contributed by atoms with E-state index in [1.54, 1.807) is 0 Å². The highest BCUT2D eigenvalue weighted by atomic mass is 15.0. The Hall–Kier alpha value is -8.98. The Kier molecular flexibility index (Phi) is 9.14. The second-order valence-electron chi connectivity index (χ2n) is 16.4. The predicted octanol–water partition coefficient (Wildman–Crippen LogP) is 15.1. The first-order valence-corrected chi connectivity index (χ1v) is 21.7. The van der Waals surface area contributed by atoms with Gasteiger partial charge in [-0.2, -0.15) is 5.26 Å². The van der Waals surface area contributed by atoms with E-state index in [9.17, 15) is 5.26 Å². The Morgan fingerprint density at radius 3 is 1.72 bits per heavy atom. The Balaban J connectivity index is 1.12. The van der Waals surface area contributed by atoms with Crippen molar-refractivity contribution in [3.8, 4) is 79.3 Å². The van der Waals surface area contributed by atoms with Gasteiger partial charge < -0.3 is 4.57 Å². The molecule has 5 heteroatoms. The van der Waals surface area contributed by atoms with E-state index >= 15 is 0 Å². The van der Waals surface area contributed by atoms with Crippen LogP contribution in [0.2, 0.25) is 0 Å². The normalized spacial score (nSPS) is 11.4. The highest BCUT2D eigenvalue weighted by Gasteiger charge is 2.19. The fourth-order valence-corrected chi connectivity index (χ4v) is 9.29. The summed E-state index contributed by atoms with van der Waals surface area (Å²) >= 11 is 0. The number of aromatic nitrogens is 4. The minimum Gasteiger partial charge on any atom is -0.309 e. The van der Waals surface area contributed by atoms with Crippen molar-refractivity contribution in [2.45, 2.75) is 0 Å². The highest BCUT2D eigenvalue weighted by molar-refractivity contribution is 6.11. The lowest BCUT2D eigenvalue weighted by molar-refractivity contribution is 1.07. The maximum Gasteiger partial charge on any atom is 0.164 e. The number of para-hydroxylation sites is 1. The number of hydrogen-bond acceptors (Lipinski definition) is 4. The molecule has 10 aromatic carbocycles. The summed E-state index contributed by atoms with van der Waals surface area (Å²) in [6.45, 7) is 0. The number of rotatable bonds is 7. The molecular weight excluding hydrogens is 791 g/mol. The van der Waals surface area contributed by atoms with E-state index in [1.165, 1.54) is 16.3 Å². The van der Waals surface area contributed by atoms with Crippen molar-refractivity contribution in [3.05, 3.63) is 230 Å². The summed E-state index contributed by atoms with van der Waals surface area (Å²) in [7, 11) is 0. The first kappa shape index (κ1) is 37.8. The zero-order valence-electron chi connectivity index (χ0n) is 35.1. The standard InChI is InChI=1S/C60H37N5/c61-38-49-33-44(28-30-51(49)40-15-3-1-4-16-40)47-34-48(60-63-58(42-18-5-2-6-19-42)62-59(64-60)46-27-26-39-14-7-8-20-43(39)32-46)36-50(35-47)65-56-25-12-11-23-54(56)55-31-29-45(37-57(55)65)53-24-13-21-41-17-9-10-22-52(41)53/h1-37H. The molecular formula is C60H37N5. The molecule has 0 aliphatic heterocycles.